The first-order chi connectivity index (χ1) is 12.1. The fraction of sp³-hybridized carbons (Fsp3) is 0.444. The minimum absolute atomic E-state index is 0.0228. The first kappa shape index (κ1) is 17.8. The molecule has 1 aromatic carbocycles. The lowest BCUT2D eigenvalue weighted by molar-refractivity contribution is 0.0956. The molecule has 0 unspecified atom stereocenters. The van der Waals surface area contributed by atoms with Crippen LogP contribution in [0, 0.1) is 0 Å². The number of nitrogens with one attached hydrogen (secondary N) is 1. The number of aryl methyl sites for hydroxylation is 1. The summed E-state index contributed by atoms with van der Waals surface area (Å²) in [6.07, 6.45) is 3.70. The van der Waals surface area contributed by atoms with E-state index in [0.29, 0.717) is 12.1 Å². The fourth-order valence-electron chi connectivity index (χ4n) is 2.79. The zero-order valence-corrected chi connectivity index (χ0v) is 15.6. The van der Waals surface area contributed by atoms with E-state index in [1.165, 1.54) is 5.69 Å². The van der Waals surface area contributed by atoms with Crippen LogP contribution >= 0.6 is 11.8 Å². The van der Waals surface area contributed by atoms with Crippen molar-refractivity contribution in [3.8, 4) is 0 Å². The SMILES string of the molecule is CN1CCN(c2ccc(C(=O)NCCSc3nccn3C)cc2)CC1. The van der Waals surface area contributed by atoms with Crippen LogP contribution in [0.3, 0.4) is 0 Å². The van der Waals surface area contributed by atoms with Crippen LogP contribution in [-0.4, -0.2) is 65.9 Å². The maximum atomic E-state index is 12.2. The molecule has 25 heavy (non-hydrogen) atoms. The summed E-state index contributed by atoms with van der Waals surface area (Å²) in [5, 5.41) is 3.93. The van der Waals surface area contributed by atoms with Crippen molar-refractivity contribution in [2.24, 2.45) is 7.05 Å². The van der Waals surface area contributed by atoms with Crippen molar-refractivity contribution in [1.29, 1.82) is 0 Å². The Morgan fingerprint density at radius 2 is 1.88 bits per heavy atom. The molecule has 0 spiro atoms. The van der Waals surface area contributed by atoms with Crippen LogP contribution in [0.5, 0.6) is 0 Å². The Balaban J connectivity index is 1.45. The van der Waals surface area contributed by atoms with Crippen molar-refractivity contribution in [3.05, 3.63) is 42.2 Å². The molecule has 2 heterocycles. The average molecular weight is 359 g/mol. The molecule has 6 nitrogen and oxygen atoms in total. The van der Waals surface area contributed by atoms with Crippen molar-refractivity contribution in [2.75, 3.05) is 50.4 Å². The number of anilines is 1. The van der Waals surface area contributed by atoms with Crippen LogP contribution in [0.1, 0.15) is 10.4 Å². The third kappa shape index (κ3) is 4.76. The molecule has 1 aromatic heterocycles. The van der Waals surface area contributed by atoms with Gasteiger partial charge in [-0.25, -0.2) is 4.98 Å². The summed E-state index contributed by atoms with van der Waals surface area (Å²) in [6, 6.07) is 7.91. The maximum Gasteiger partial charge on any atom is 0.251 e. The lowest BCUT2D eigenvalue weighted by Gasteiger charge is -2.34. The minimum Gasteiger partial charge on any atom is -0.369 e. The second kappa shape index (κ2) is 8.40. The number of aromatic nitrogens is 2. The largest absolute Gasteiger partial charge is 0.369 e. The van der Waals surface area contributed by atoms with E-state index in [1.54, 1.807) is 18.0 Å². The minimum atomic E-state index is -0.0228. The van der Waals surface area contributed by atoms with E-state index in [0.717, 1.165) is 37.1 Å². The highest BCUT2D eigenvalue weighted by molar-refractivity contribution is 7.99. The zero-order valence-electron chi connectivity index (χ0n) is 14.8. The predicted molar refractivity (Wildman–Crippen MR) is 102 cm³/mol. The van der Waals surface area contributed by atoms with Gasteiger partial charge in [-0.15, -0.1) is 0 Å². The lowest BCUT2D eigenvalue weighted by atomic mass is 10.1. The summed E-state index contributed by atoms with van der Waals surface area (Å²) in [5.74, 6) is 0.779. The highest BCUT2D eigenvalue weighted by Crippen LogP contribution is 2.17. The normalized spacial score (nSPS) is 15.4. The molecule has 1 N–H and O–H groups in total. The van der Waals surface area contributed by atoms with E-state index in [-0.39, 0.29) is 5.91 Å². The number of imidazole rings is 1. The van der Waals surface area contributed by atoms with Gasteiger partial charge < -0.3 is 19.7 Å². The summed E-state index contributed by atoms with van der Waals surface area (Å²) in [4.78, 5) is 21.2. The molecular formula is C18H25N5OS. The lowest BCUT2D eigenvalue weighted by Crippen LogP contribution is -2.44. The van der Waals surface area contributed by atoms with Gasteiger partial charge in [0.15, 0.2) is 5.16 Å². The Kier molecular flexibility index (Phi) is 5.99. The van der Waals surface area contributed by atoms with Gasteiger partial charge in [0.1, 0.15) is 0 Å². The number of hydrogen-bond donors (Lipinski definition) is 1. The van der Waals surface area contributed by atoms with Crippen molar-refractivity contribution < 1.29 is 4.79 Å². The molecule has 1 fully saturated rings. The van der Waals surface area contributed by atoms with E-state index >= 15 is 0 Å². The van der Waals surface area contributed by atoms with Gasteiger partial charge in [-0.2, -0.15) is 0 Å². The number of likely N-dealkylation sites (N-methyl/N-ethyl adjacent to an activating group) is 1. The summed E-state index contributed by atoms with van der Waals surface area (Å²) in [5.41, 5.74) is 1.90. The van der Waals surface area contributed by atoms with E-state index in [1.807, 2.05) is 42.1 Å². The number of piperazine rings is 1. The quantitative estimate of drug-likeness (QED) is 0.628. The molecule has 7 heteroatoms. The molecule has 0 radical (unpaired) electrons. The predicted octanol–water partition coefficient (Wildman–Crippen LogP) is 1.69. The van der Waals surface area contributed by atoms with Crippen LogP contribution in [0.2, 0.25) is 0 Å². The van der Waals surface area contributed by atoms with Crippen LogP contribution in [-0.2, 0) is 7.05 Å². The summed E-state index contributed by atoms with van der Waals surface area (Å²) in [7, 11) is 4.12. The summed E-state index contributed by atoms with van der Waals surface area (Å²) >= 11 is 1.64. The third-order valence-corrected chi connectivity index (χ3v) is 5.45. The Morgan fingerprint density at radius 3 is 2.52 bits per heavy atom. The maximum absolute atomic E-state index is 12.2. The highest BCUT2D eigenvalue weighted by atomic mass is 32.2. The molecule has 1 amide bonds. The van der Waals surface area contributed by atoms with E-state index < -0.39 is 0 Å². The van der Waals surface area contributed by atoms with Crippen LogP contribution in [0.15, 0.2) is 41.8 Å². The van der Waals surface area contributed by atoms with Gasteiger partial charge in [-0.05, 0) is 31.3 Å². The number of carbonyl (C=O) groups is 1. The fourth-order valence-corrected chi connectivity index (χ4v) is 3.57. The van der Waals surface area contributed by atoms with Gasteiger partial charge >= 0.3 is 0 Å². The van der Waals surface area contributed by atoms with E-state index in [4.69, 9.17) is 0 Å². The van der Waals surface area contributed by atoms with Crippen LogP contribution in [0.25, 0.3) is 0 Å². The van der Waals surface area contributed by atoms with Crippen molar-refractivity contribution in [3.63, 3.8) is 0 Å². The third-order valence-electron chi connectivity index (χ3n) is 4.39. The van der Waals surface area contributed by atoms with Crippen molar-refractivity contribution in [1.82, 2.24) is 19.8 Å². The molecule has 0 saturated carbocycles. The summed E-state index contributed by atoms with van der Waals surface area (Å²) in [6.45, 7) is 4.85. The molecule has 3 rings (SSSR count). The number of amides is 1. The molecular weight excluding hydrogens is 334 g/mol. The first-order valence-corrected chi connectivity index (χ1v) is 9.54. The molecule has 0 bridgehead atoms. The van der Waals surface area contributed by atoms with Crippen LogP contribution < -0.4 is 10.2 Å². The van der Waals surface area contributed by atoms with Crippen molar-refractivity contribution >= 4 is 23.4 Å². The Bertz CT molecular complexity index is 692. The number of thioether (sulfide) groups is 1. The van der Waals surface area contributed by atoms with Gasteiger partial charge in [0, 0.05) is 69.2 Å². The number of nitrogens with zero attached hydrogens (tertiary/aromatic N) is 4. The molecule has 1 aliphatic heterocycles. The molecule has 0 atom stereocenters. The number of rotatable bonds is 6. The number of carbonyl (C=O) groups excluding carboxylic acids is 1. The molecule has 0 aliphatic carbocycles. The Hall–Kier alpha value is -1.99. The highest BCUT2D eigenvalue weighted by Gasteiger charge is 2.14. The second-order valence-electron chi connectivity index (χ2n) is 6.26. The topological polar surface area (TPSA) is 53.4 Å². The van der Waals surface area contributed by atoms with Crippen molar-refractivity contribution in [2.45, 2.75) is 5.16 Å². The zero-order chi connectivity index (χ0) is 17.6. The van der Waals surface area contributed by atoms with E-state index in [2.05, 4.69) is 27.1 Å². The van der Waals surface area contributed by atoms with Gasteiger partial charge in [0.05, 0.1) is 0 Å². The van der Waals surface area contributed by atoms with Gasteiger partial charge in [0.25, 0.3) is 5.91 Å². The van der Waals surface area contributed by atoms with Gasteiger partial charge in [-0.3, -0.25) is 4.79 Å². The second-order valence-corrected chi connectivity index (χ2v) is 7.32. The molecule has 2 aromatic rings. The van der Waals surface area contributed by atoms with Crippen LogP contribution in [0.4, 0.5) is 5.69 Å². The Labute approximate surface area is 153 Å². The number of hydrogen-bond acceptors (Lipinski definition) is 5. The first-order valence-electron chi connectivity index (χ1n) is 8.55. The van der Waals surface area contributed by atoms with Gasteiger partial charge in [-0.1, -0.05) is 11.8 Å². The monoisotopic (exact) mass is 359 g/mol. The standard InChI is InChI=1S/C18H25N5OS/c1-21-10-12-23(13-11-21)16-5-3-15(4-6-16)17(24)19-8-14-25-18-20-7-9-22(18)2/h3-7,9H,8,10-14H2,1-2H3,(H,19,24). The molecule has 1 aliphatic rings. The van der Waals surface area contributed by atoms with E-state index in [9.17, 15) is 4.79 Å². The number of benzene rings is 1. The average Bonchev–Trinajstić information content (AvgIpc) is 3.04. The summed E-state index contributed by atoms with van der Waals surface area (Å²) < 4.78 is 1.98. The molecule has 134 valence electrons. The smallest absolute Gasteiger partial charge is 0.251 e. The van der Waals surface area contributed by atoms with Gasteiger partial charge in [0.2, 0.25) is 0 Å². The Morgan fingerprint density at radius 1 is 1.16 bits per heavy atom. The molecule has 1 saturated heterocycles.